The number of hydrogen-bond donors (Lipinski definition) is 0. The molecule has 1 aliphatic heterocycles. The van der Waals surface area contributed by atoms with Crippen LogP contribution in [0.3, 0.4) is 0 Å². The van der Waals surface area contributed by atoms with E-state index in [1.807, 2.05) is 55.5 Å². The summed E-state index contributed by atoms with van der Waals surface area (Å²) in [6, 6.07) is 23.1. The molecular weight excluding hydrogens is 513 g/mol. The molecule has 1 heterocycles. The van der Waals surface area contributed by atoms with Gasteiger partial charge < -0.3 is 9.64 Å². The van der Waals surface area contributed by atoms with Crippen molar-refractivity contribution in [3.8, 4) is 11.1 Å². The molecule has 1 fully saturated rings. The number of ether oxygens (including phenoxy) is 1. The summed E-state index contributed by atoms with van der Waals surface area (Å²) in [5, 5.41) is 0. The van der Waals surface area contributed by atoms with E-state index in [4.69, 9.17) is 4.74 Å². The summed E-state index contributed by atoms with van der Waals surface area (Å²) in [6.07, 6.45) is -1.34. The molecule has 1 saturated heterocycles. The fourth-order valence-corrected chi connectivity index (χ4v) is 5.67. The average Bonchev–Trinajstić information content (AvgIpc) is 2.98. The highest BCUT2D eigenvalue weighted by Gasteiger charge is 2.39. The van der Waals surface area contributed by atoms with Gasteiger partial charge in [-0.1, -0.05) is 74.5 Å². The topological polar surface area (TPSA) is 32.8 Å². The molecule has 1 atom stereocenters. The van der Waals surface area contributed by atoms with Crippen molar-refractivity contribution >= 4 is 11.7 Å². The fraction of sp³-hybridized carbons (Fsp3) is 0.424. The van der Waals surface area contributed by atoms with Crippen molar-refractivity contribution in [1.82, 2.24) is 4.90 Å². The van der Waals surface area contributed by atoms with Crippen LogP contribution in [0.2, 0.25) is 0 Å². The van der Waals surface area contributed by atoms with E-state index < -0.39 is 17.2 Å². The summed E-state index contributed by atoms with van der Waals surface area (Å²) in [5.41, 5.74) is 1.45. The number of piperazine rings is 1. The summed E-state index contributed by atoms with van der Waals surface area (Å²) < 4.78 is 46.4. The number of rotatable bonds is 11. The normalized spacial score (nSPS) is 16.0. The van der Waals surface area contributed by atoms with Gasteiger partial charge in [0, 0.05) is 31.9 Å². The van der Waals surface area contributed by atoms with Gasteiger partial charge in [-0.2, -0.15) is 13.2 Å². The molecule has 0 radical (unpaired) electrons. The molecule has 0 saturated carbocycles. The van der Waals surface area contributed by atoms with Gasteiger partial charge in [-0.3, -0.25) is 9.69 Å². The average molecular weight is 553 g/mol. The second kappa shape index (κ2) is 13.4. The lowest BCUT2D eigenvalue weighted by molar-refractivity contribution is -0.151. The van der Waals surface area contributed by atoms with Crippen molar-refractivity contribution in [2.45, 2.75) is 51.1 Å². The Morgan fingerprint density at radius 3 is 2.25 bits per heavy atom. The summed E-state index contributed by atoms with van der Waals surface area (Å²) in [6.45, 7) is 8.66. The minimum Gasteiger partial charge on any atom is -0.465 e. The number of hydrogen-bond acceptors (Lipinski definition) is 4. The Kier molecular flexibility index (Phi) is 9.90. The largest absolute Gasteiger partial charge is 0.465 e. The van der Waals surface area contributed by atoms with E-state index in [9.17, 15) is 18.0 Å². The van der Waals surface area contributed by atoms with E-state index in [0.29, 0.717) is 18.6 Å². The number of carbonyl (C=O) groups excluding carboxylic acids is 1. The second-order valence-electron chi connectivity index (χ2n) is 10.5. The van der Waals surface area contributed by atoms with Crippen molar-refractivity contribution < 1.29 is 22.7 Å². The maximum atomic E-state index is 13.6. The summed E-state index contributed by atoms with van der Waals surface area (Å²) in [7, 11) is 0. The first-order chi connectivity index (χ1) is 19.3. The molecule has 4 nitrogen and oxygen atoms in total. The maximum Gasteiger partial charge on any atom is 0.417 e. The van der Waals surface area contributed by atoms with Gasteiger partial charge in [-0.05, 0) is 67.1 Å². The predicted molar refractivity (Wildman–Crippen MR) is 154 cm³/mol. The number of anilines is 1. The standard InChI is InChI=1S/C33H39F3N2O2/c1-3-24-40-31(39)32(4-2,27-13-6-5-7-14-27)18-11-19-37-20-22-38(23-21-37)28-15-10-12-26(25-28)29-16-8-9-17-30(29)33(34,35)36/h5-10,12-17,25H,3-4,11,18-24H2,1-2H3. The van der Waals surface area contributed by atoms with Gasteiger partial charge in [-0.15, -0.1) is 0 Å². The number of benzene rings is 3. The number of carbonyl (C=O) groups is 1. The molecule has 7 heteroatoms. The fourth-order valence-electron chi connectivity index (χ4n) is 5.67. The third-order valence-corrected chi connectivity index (χ3v) is 7.96. The molecule has 0 aliphatic carbocycles. The summed E-state index contributed by atoms with van der Waals surface area (Å²) in [4.78, 5) is 17.9. The smallest absolute Gasteiger partial charge is 0.417 e. The molecule has 214 valence electrons. The molecule has 0 bridgehead atoms. The Labute approximate surface area is 235 Å². The van der Waals surface area contributed by atoms with Crippen LogP contribution >= 0.6 is 0 Å². The molecule has 4 rings (SSSR count). The van der Waals surface area contributed by atoms with Gasteiger partial charge in [0.25, 0.3) is 0 Å². The summed E-state index contributed by atoms with van der Waals surface area (Å²) in [5.74, 6) is -0.139. The monoisotopic (exact) mass is 552 g/mol. The molecule has 40 heavy (non-hydrogen) atoms. The van der Waals surface area contributed by atoms with Crippen LogP contribution in [0.4, 0.5) is 18.9 Å². The molecule has 0 N–H and O–H groups in total. The van der Waals surface area contributed by atoms with Gasteiger partial charge in [0.1, 0.15) is 0 Å². The van der Waals surface area contributed by atoms with Gasteiger partial charge in [-0.25, -0.2) is 0 Å². The lowest BCUT2D eigenvalue weighted by atomic mass is 9.74. The SMILES string of the molecule is CCCOC(=O)C(CC)(CCCN1CCN(c2cccc(-c3ccccc3C(F)(F)F)c2)CC1)c1ccccc1. The Balaban J connectivity index is 1.38. The quantitative estimate of drug-likeness (QED) is 0.230. The molecular formula is C33H39F3N2O2. The van der Waals surface area contributed by atoms with Crippen LogP contribution in [-0.4, -0.2) is 50.2 Å². The number of nitrogens with zero attached hydrogens (tertiary/aromatic N) is 2. The van der Waals surface area contributed by atoms with E-state index in [0.717, 1.165) is 69.3 Å². The van der Waals surface area contributed by atoms with Crippen molar-refractivity contribution in [2.24, 2.45) is 0 Å². The van der Waals surface area contributed by atoms with Crippen molar-refractivity contribution in [3.05, 3.63) is 90.0 Å². The van der Waals surface area contributed by atoms with Gasteiger partial charge in [0.05, 0.1) is 17.6 Å². The summed E-state index contributed by atoms with van der Waals surface area (Å²) >= 11 is 0. The van der Waals surface area contributed by atoms with Crippen LogP contribution in [0.15, 0.2) is 78.9 Å². The van der Waals surface area contributed by atoms with Crippen molar-refractivity contribution in [2.75, 3.05) is 44.2 Å². The zero-order valence-corrected chi connectivity index (χ0v) is 23.4. The first-order valence-electron chi connectivity index (χ1n) is 14.2. The van der Waals surface area contributed by atoms with Crippen LogP contribution in [0.25, 0.3) is 11.1 Å². The molecule has 1 aliphatic rings. The van der Waals surface area contributed by atoms with E-state index in [2.05, 4.69) is 16.7 Å². The molecule has 1 unspecified atom stereocenters. The zero-order valence-electron chi connectivity index (χ0n) is 23.4. The highest BCUT2D eigenvalue weighted by atomic mass is 19.4. The van der Waals surface area contributed by atoms with Gasteiger partial charge >= 0.3 is 12.1 Å². The Hall–Kier alpha value is -3.32. The first-order valence-corrected chi connectivity index (χ1v) is 14.2. The lowest BCUT2D eigenvalue weighted by Crippen LogP contribution is -2.47. The Bertz CT molecular complexity index is 1240. The van der Waals surface area contributed by atoms with E-state index in [1.54, 1.807) is 12.1 Å². The number of esters is 1. The zero-order chi connectivity index (χ0) is 28.6. The maximum absolute atomic E-state index is 13.6. The third kappa shape index (κ3) is 6.87. The second-order valence-corrected chi connectivity index (χ2v) is 10.5. The highest BCUT2D eigenvalue weighted by molar-refractivity contribution is 5.83. The molecule has 0 amide bonds. The van der Waals surface area contributed by atoms with Crippen LogP contribution in [0.5, 0.6) is 0 Å². The highest BCUT2D eigenvalue weighted by Crippen LogP contribution is 2.38. The first kappa shape index (κ1) is 29.7. The number of alkyl halides is 3. The van der Waals surface area contributed by atoms with E-state index >= 15 is 0 Å². The molecule has 3 aromatic carbocycles. The van der Waals surface area contributed by atoms with Crippen LogP contribution in [0.1, 0.15) is 50.7 Å². The van der Waals surface area contributed by atoms with Crippen LogP contribution in [0, 0.1) is 0 Å². The van der Waals surface area contributed by atoms with Crippen molar-refractivity contribution in [1.29, 1.82) is 0 Å². The van der Waals surface area contributed by atoms with Crippen LogP contribution in [-0.2, 0) is 21.1 Å². The Morgan fingerprint density at radius 1 is 0.875 bits per heavy atom. The molecule has 0 aromatic heterocycles. The van der Waals surface area contributed by atoms with Gasteiger partial charge in [0.2, 0.25) is 0 Å². The minimum atomic E-state index is -4.40. The Morgan fingerprint density at radius 2 is 1.57 bits per heavy atom. The van der Waals surface area contributed by atoms with E-state index in [-0.39, 0.29) is 11.5 Å². The van der Waals surface area contributed by atoms with Crippen molar-refractivity contribution in [3.63, 3.8) is 0 Å². The van der Waals surface area contributed by atoms with Gasteiger partial charge in [0.15, 0.2) is 0 Å². The lowest BCUT2D eigenvalue weighted by Gasteiger charge is -2.37. The minimum absolute atomic E-state index is 0.139. The molecule has 0 spiro atoms. The molecule has 3 aromatic rings. The van der Waals surface area contributed by atoms with Crippen LogP contribution < -0.4 is 4.90 Å². The third-order valence-electron chi connectivity index (χ3n) is 7.96. The van der Waals surface area contributed by atoms with E-state index in [1.165, 1.54) is 12.1 Å². The predicted octanol–water partition coefficient (Wildman–Crippen LogP) is 7.58. The number of halogens is 3.